The fraction of sp³-hybridized carbons (Fsp3) is 0.0588. The van der Waals surface area contributed by atoms with Crippen LogP contribution in [0.4, 0.5) is 17.1 Å². The lowest BCUT2D eigenvalue weighted by molar-refractivity contribution is -0.384. The van der Waals surface area contributed by atoms with Crippen molar-refractivity contribution in [2.45, 2.75) is 6.92 Å². The van der Waals surface area contributed by atoms with Crippen LogP contribution < -0.4 is 10.6 Å². The van der Waals surface area contributed by atoms with Crippen molar-refractivity contribution in [1.82, 2.24) is 0 Å². The second-order valence-electron chi connectivity index (χ2n) is 5.06. The molecule has 0 aliphatic carbocycles. The van der Waals surface area contributed by atoms with Crippen molar-refractivity contribution in [1.29, 1.82) is 5.26 Å². The summed E-state index contributed by atoms with van der Waals surface area (Å²) in [5.74, 6) is -0.668. The number of nitrogens with zero attached hydrogens (tertiary/aromatic N) is 2. The number of hydrogen-bond donors (Lipinski definition) is 2. The summed E-state index contributed by atoms with van der Waals surface area (Å²) in [6.07, 6.45) is 1.28. The Kier molecular flexibility index (Phi) is 5.87. The van der Waals surface area contributed by atoms with E-state index >= 15 is 0 Å². The zero-order valence-corrected chi connectivity index (χ0v) is 14.7. The lowest BCUT2D eigenvalue weighted by Gasteiger charge is -2.07. The van der Waals surface area contributed by atoms with E-state index in [9.17, 15) is 14.9 Å². The molecule has 0 heterocycles. The van der Waals surface area contributed by atoms with E-state index in [1.807, 2.05) is 25.1 Å². The molecule has 0 aliphatic heterocycles. The molecule has 0 aromatic heterocycles. The molecule has 0 saturated carbocycles. The zero-order chi connectivity index (χ0) is 18.4. The SMILES string of the molecule is Cc1ccc(N/C=C(/C#N)C(=O)Nc2cccc([N+](=O)[O-])c2)c(Br)c1. The first-order valence-electron chi connectivity index (χ1n) is 7.09. The number of non-ortho nitro benzene ring substituents is 1. The number of carbonyl (C=O) groups excluding carboxylic acids is 1. The van der Waals surface area contributed by atoms with Gasteiger partial charge in [0, 0.05) is 28.5 Å². The first-order chi connectivity index (χ1) is 11.9. The lowest BCUT2D eigenvalue weighted by Crippen LogP contribution is -2.14. The van der Waals surface area contributed by atoms with Crippen LogP contribution in [0.3, 0.4) is 0 Å². The third-order valence-electron chi connectivity index (χ3n) is 3.18. The third-order valence-corrected chi connectivity index (χ3v) is 3.83. The van der Waals surface area contributed by atoms with E-state index < -0.39 is 10.8 Å². The number of hydrogen-bond acceptors (Lipinski definition) is 5. The summed E-state index contributed by atoms with van der Waals surface area (Å²) in [6.45, 7) is 1.94. The highest BCUT2D eigenvalue weighted by atomic mass is 79.9. The topological polar surface area (TPSA) is 108 Å². The Morgan fingerprint density at radius 1 is 1.32 bits per heavy atom. The van der Waals surface area contributed by atoms with Crippen LogP contribution in [0.15, 0.2) is 58.7 Å². The monoisotopic (exact) mass is 400 g/mol. The van der Waals surface area contributed by atoms with E-state index in [2.05, 4.69) is 26.6 Å². The van der Waals surface area contributed by atoms with Gasteiger partial charge in [0.15, 0.2) is 0 Å². The molecule has 0 unspecified atom stereocenters. The second-order valence-corrected chi connectivity index (χ2v) is 5.91. The van der Waals surface area contributed by atoms with Gasteiger partial charge < -0.3 is 10.6 Å². The van der Waals surface area contributed by atoms with Crippen molar-refractivity contribution < 1.29 is 9.72 Å². The Morgan fingerprint density at radius 3 is 2.72 bits per heavy atom. The summed E-state index contributed by atoms with van der Waals surface area (Å²) in [5, 5.41) is 25.3. The Morgan fingerprint density at radius 2 is 2.08 bits per heavy atom. The van der Waals surface area contributed by atoms with Crippen LogP contribution in [0.1, 0.15) is 5.56 Å². The number of nitro groups is 1. The van der Waals surface area contributed by atoms with Crippen LogP contribution in [0.5, 0.6) is 0 Å². The molecule has 0 spiro atoms. The molecule has 2 aromatic rings. The van der Waals surface area contributed by atoms with Crippen molar-refractivity contribution in [2.75, 3.05) is 10.6 Å². The smallest absolute Gasteiger partial charge is 0.271 e. The molecular formula is C17H13BrN4O3. The van der Waals surface area contributed by atoms with E-state index in [1.165, 1.54) is 30.5 Å². The average molecular weight is 401 g/mol. The Bertz CT molecular complexity index is 903. The maximum absolute atomic E-state index is 12.2. The first kappa shape index (κ1) is 18.2. The summed E-state index contributed by atoms with van der Waals surface area (Å²) in [6, 6.07) is 12.9. The molecule has 0 atom stereocenters. The average Bonchev–Trinajstić information content (AvgIpc) is 2.57. The number of anilines is 2. The van der Waals surface area contributed by atoms with Gasteiger partial charge in [0.2, 0.25) is 0 Å². The van der Waals surface area contributed by atoms with Crippen LogP contribution in [0, 0.1) is 28.4 Å². The van der Waals surface area contributed by atoms with E-state index in [4.69, 9.17) is 5.26 Å². The first-order valence-corrected chi connectivity index (χ1v) is 7.89. The van der Waals surface area contributed by atoms with Gasteiger partial charge in [-0.05, 0) is 46.6 Å². The number of nitriles is 1. The van der Waals surface area contributed by atoms with Crippen molar-refractivity contribution in [3.05, 3.63) is 74.4 Å². The minimum absolute atomic E-state index is 0.151. The molecule has 0 radical (unpaired) electrons. The molecule has 7 nitrogen and oxygen atoms in total. The quantitative estimate of drug-likeness (QED) is 0.339. The summed E-state index contributed by atoms with van der Waals surface area (Å²) in [5.41, 5.74) is 1.67. The van der Waals surface area contributed by atoms with E-state index in [1.54, 1.807) is 6.07 Å². The molecular weight excluding hydrogens is 388 g/mol. The van der Waals surface area contributed by atoms with E-state index in [0.717, 1.165) is 10.0 Å². The Hall–Kier alpha value is -3.18. The van der Waals surface area contributed by atoms with Crippen molar-refractivity contribution in [3.8, 4) is 6.07 Å². The summed E-state index contributed by atoms with van der Waals surface area (Å²) in [4.78, 5) is 22.4. The highest BCUT2D eigenvalue weighted by molar-refractivity contribution is 9.10. The van der Waals surface area contributed by atoms with E-state index in [-0.39, 0.29) is 16.9 Å². The van der Waals surface area contributed by atoms with Crippen LogP contribution in [-0.4, -0.2) is 10.8 Å². The lowest BCUT2D eigenvalue weighted by atomic mass is 10.2. The van der Waals surface area contributed by atoms with Crippen LogP contribution in [-0.2, 0) is 4.79 Å². The largest absolute Gasteiger partial charge is 0.359 e. The van der Waals surface area contributed by atoms with Gasteiger partial charge in [-0.1, -0.05) is 12.1 Å². The van der Waals surface area contributed by atoms with Gasteiger partial charge in [-0.3, -0.25) is 14.9 Å². The van der Waals surface area contributed by atoms with Gasteiger partial charge in [0.05, 0.1) is 10.6 Å². The number of carbonyl (C=O) groups is 1. The predicted octanol–water partition coefficient (Wildman–Crippen LogP) is 4.12. The molecule has 2 aromatic carbocycles. The third kappa shape index (κ3) is 4.89. The van der Waals surface area contributed by atoms with Crippen molar-refractivity contribution in [3.63, 3.8) is 0 Å². The molecule has 1 amide bonds. The maximum Gasteiger partial charge on any atom is 0.271 e. The number of rotatable bonds is 5. The fourth-order valence-corrected chi connectivity index (χ4v) is 2.54. The number of nitrogens with one attached hydrogen (secondary N) is 2. The number of nitro benzene ring substituents is 1. The molecule has 0 aliphatic rings. The molecule has 25 heavy (non-hydrogen) atoms. The summed E-state index contributed by atoms with van der Waals surface area (Å²) >= 11 is 3.39. The minimum atomic E-state index is -0.668. The van der Waals surface area contributed by atoms with Crippen LogP contribution in [0.25, 0.3) is 0 Å². The minimum Gasteiger partial charge on any atom is -0.359 e. The Labute approximate surface area is 152 Å². The van der Waals surface area contributed by atoms with Crippen LogP contribution in [0.2, 0.25) is 0 Å². The van der Waals surface area contributed by atoms with Gasteiger partial charge in [-0.2, -0.15) is 5.26 Å². The zero-order valence-electron chi connectivity index (χ0n) is 13.1. The summed E-state index contributed by atoms with van der Waals surface area (Å²) in [7, 11) is 0. The fourth-order valence-electron chi connectivity index (χ4n) is 1.93. The highest BCUT2D eigenvalue weighted by Gasteiger charge is 2.12. The number of aryl methyl sites for hydroxylation is 1. The van der Waals surface area contributed by atoms with Gasteiger partial charge in [-0.25, -0.2) is 0 Å². The maximum atomic E-state index is 12.2. The molecule has 126 valence electrons. The molecule has 8 heteroatoms. The number of benzene rings is 2. The Balaban J connectivity index is 2.14. The van der Waals surface area contributed by atoms with Gasteiger partial charge in [-0.15, -0.1) is 0 Å². The normalized spacial score (nSPS) is 10.7. The molecule has 0 saturated heterocycles. The van der Waals surface area contributed by atoms with Gasteiger partial charge in [0.25, 0.3) is 11.6 Å². The van der Waals surface area contributed by atoms with Gasteiger partial charge >= 0.3 is 0 Å². The molecule has 0 bridgehead atoms. The molecule has 2 N–H and O–H groups in total. The van der Waals surface area contributed by atoms with Crippen molar-refractivity contribution in [2.24, 2.45) is 0 Å². The predicted molar refractivity (Wildman–Crippen MR) is 97.9 cm³/mol. The second kappa shape index (κ2) is 8.08. The van der Waals surface area contributed by atoms with Crippen molar-refractivity contribution >= 4 is 38.9 Å². The molecule has 0 fully saturated rings. The van der Waals surface area contributed by atoms with Crippen LogP contribution >= 0.6 is 15.9 Å². The summed E-state index contributed by atoms with van der Waals surface area (Å²) < 4.78 is 0.792. The standard InChI is InChI=1S/C17H13BrN4O3/c1-11-5-6-16(15(18)7-11)20-10-12(9-19)17(23)21-13-3-2-4-14(8-13)22(24)25/h2-8,10,20H,1H3,(H,21,23)/b12-10-. The highest BCUT2D eigenvalue weighted by Crippen LogP contribution is 2.23. The number of halogens is 1. The molecule has 2 rings (SSSR count). The van der Waals surface area contributed by atoms with E-state index in [0.29, 0.717) is 5.69 Å². The number of amides is 1. The van der Waals surface area contributed by atoms with Gasteiger partial charge in [0.1, 0.15) is 11.6 Å².